The molecule has 2 aromatic heterocycles. The van der Waals surface area contributed by atoms with E-state index in [9.17, 15) is 26.7 Å². The van der Waals surface area contributed by atoms with Crippen LogP contribution in [-0.2, 0) is 22.1 Å². The van der Waals surface area contributed by atoms with Crippen LogP contribution in [-0.4, -0.2) is 40.2 Å². The lowest BCUT2D eigenvalue weighted by molar-refractivity contribution is -0.140. The third-order valence-electron chi connectivity index (χ3n) is 4.97. The molecular formula is C21H18F5N5O2. The molecule has 7 nitrogen and oxygen atoms in total. The Morgan fingerprint density at radius 1 is 1.27 bits per heavy atom. The lowest BCUT2D eigenvalue weighted by Crippen LogP contribution is -2.34. The number of alkyl halides is 3. The Morgan fingerprint density at radius 2 is 2.09 bits per heavy atom. The Hall–Kier alpha value is -3.38. The van der Waals surface area contributed by atoms with Crippen molar-refractivity contribution in [2.24, 2.45) is 0 Å². The lowest BCUT2D eigenvalue weighted by Gasteiger charge is -2.21. The standard InChI is InChI=1S/C21H18F5N5O2/c22-15-7-13(30-18(32)6-12-2-1-3-14(19(12)23)21(24,25)26)8-28-20(15)31-9-16(29-11-31)17-10-33-5-4-27-17/h1-3,7-9,11,17,27H,4-6,10H2,(H,30,32)/t17-/m1/s1. The number of halogens is 5. The fourth-order valence-electron chi connectivity index (χ4n) is 3.39. The number of hydrogen-bond donors (Lipinski definition) is 2. The molecule has 0 unspecified atom stereocenters. The lowest BCUT2D eigenvalue weighted by atomic mass is 10.1. The van der Waals surface area contributed by atoms with Crippen molar-refractivity contribution >= 4 is 11.6 Å². The van der Waals surface area contributed by atoms with E-state index in [1.807, 2.05) is 0 Å². The molecule has 0 bridgehead atoms. The summed E-state index contributed by atoms with van der Waals surface area (Å²) >= 11 is 0. The van der Waals surface area contributed by atoms with Crippen LogP contribution < -0.4 is 10.6 Å². The minimum atomic E-state index is -4.88. The number of aromatic nitrogens is 3. The highest BCUT2D eigenvalue weighted by molar-refractivity contribution is 5.92. The van der Waals surface area contributed by atoms with Gasteiger partial charge in [-0.15, -0.1) is 0 Å². The monoisotopic (exact) mass is 467 g/mol. The number of imidazole rings is 1. The van der Waals surface area contributed by atoms with Gasteiger partial charge in [0.25, 0.3) is 0 Å². The van der Waals surface area contributed by atoms with E-state index in [1.54, 1.807) is 6.20 Å². The van der Waals surface area contributed by atoms with Gasteiger partial charge in [0.2, 0.25) is 5.91 Å². The number of rotatable bonds is 5. The van der Waals surface area contributed by atoms with E-state index < -0.39 is 41.3 Å². The number of benzene rings is 1. The maximum absolute atomic E-state index is 14.6. The number of carbonyl (C=O) groups excluding carboxylic acids is 1. The summed E-state index contributed by atoms with van der Waals surface area (Å²) in [5, 5.41) is 5.54. The summed E-state index contributed by atoms with van der Waals surface area (Å²) in [4.78, 5) is 20.4. The van der Waals surface area contributed by atoms with E-state index in [4.69, 9.17) is 4.74 Å². The molecule has 1 aliphatic heterocycles. The van der Waals surface area contributed by atoms with Crippen molar-refractivity contribution in [2.75, 3.05) is 25.1 Å². The summed E-state index contributed by atoms with van der Waals surface area (Å²) in [6.45, 7) is 1.70. The maximum Gasteiger partial charge on any atom is 0.419 e. The fourth-order valence-corrected chi connectivity index (χ4v) is 3.39. The van der Waals surface area contributed by atoms with Crippen LogP contribution in [0.15, 0.2) is 43.0 Å². The molecule has 3 heterocycles. The zero-order valence-electron chi connectivity index (χ0n) is 17.0. The Kier molecular flexibility index (Phi) is 6.38. The topological polar surface area (TPSA) is 81.1 Å². The van der Waals surface area contributed by atoms with Gasteiger partial charge in [0.1, 0.15) is 12.1 Å². The molecule has 0 saturated carbocycles. The molecule has 0 aliphatic carbocycles. The third-order valence-corrected chi connectivity index (χ3v) is 4.97. The number of carbonyl (C=O) groups is 1. The second-order valence-electron chi connectivity index (χ2n) is 7.32. The molecule has 1 amide bonds. The quantitative estimate of drug-likeness (QED) is 0.563. The van der Waals surface area contributed by atoms with Crippen LogP contribution >= 0.6 is 0 Å². The molecule has 1 fully saturated rings. The SMILES string of the molecule is O=C(Cc1cccc(C(F)(F)F)c1F)Nc1cnc(-n2cnc([C@H]3COCCN3)c2)c(F)c1. The second-order valence-corrected chi connectivity index (χ2v) is 7.32. The normalized spacial score (nSPS) is 16.6. The van der Waals surface area contributed by atoms with Crippen LogP contribution in [0.2, 0.25) is 0 Å². The summed E-state index contributed by atoms with van der Waals surface area (Å²) in [5.41, 5.74) is -1.27. The Bertz CT molecular complexity index is 1160. The number of nitrogens with zero attached hydrogens (tertiary/aromatic N) is 3. The van der Waals surface area contributed by atoms with Gasteiger partial charge in [0.05, 0.1) is 48.8 Å². The van der Waals surface area contributed by atoms with Gasteiger partial charge in [-0.1, -0.05) is 12.1 Å². The zero-order valence-corrected chi connectivity index (χ0v) is 17.0. The fraction of sp³-hybridized carbons (Fsp3) is 0.286. The van der Waals surface area contributed by atoms with E-state index in [1.165, 1.54) is 17.1 Å². The van der Waals surface area contributed by atoms with Crippen molar-refractivity contribution in [3.8, 4) is 5.82 Å². The van der Waals surface area contributed by atoms with Gasteiger partial charge in [-0.2, -0.15) is 13.2 Å². The minimum absolute atomic E-state index is 0.0312. The molecule has 2 N–H and O–H groups in total. The molecule has 1 saturated heterocycles. The molecule has 4 rings (SSSR count). The van der Waals surface area contributed by atoms with Crippen LogP contribution in [0.25, 0.3) is 5.82 Å². The average Bonchev–Trinajstić information content (AvgIpc) is 3.25. The largest absolute Gasteiger partial charge is 0.419 e. The number of anilines is 1. The number of morpholine rings is 1. The van der Waals surface area contributed by atoms with Crippen molar-refractivity contribution in [3.05, 3.63) is 71.4 Å². The summed E-state index contributed by atoms with van der Waals surface area (Å²) in [6, 6.07) is 3.56. The predicted molar refractivity (Wildman–Crippen MR) is 107 cm³/mol. The highest BCUT2D eigenvalue weighted by Gasteiger charge is 2.35. The molecule has 1 aliphatic rings. The molecule has 1 atom stereocenters. The Balaban J connectivity index is 1.45. The first kappa shape index (κ1) is 22.8. The molecule has 0 radical (unpaired) electrons. The summed E-state index contributed by atoms with van der Waals surface area (Å²) < 4.78 is 74.0. The molecule has 33 heavy (non-hydrogen) atoms. The number of ether oxygens (including phenoxy) is 1. The molecule has 12 heteroatoms. The molecule has 0 spiro atoms. The second kappa shape index (κ2) is 9.24. The van der Waals surface area contributed by atoms with Gasteiger partial charge >= 0.3 is 6.18 Å². The van der Waals surface area contributed by atoms with Crippen LogP contribution in [0.1, 0.15) is 22.9 Å². The van der Waals surface area contributed by atoms with Crippen LogP contribution in [0.3, 0.4) is 0 Å². The smallest absolute Gasteiger partial charge is 0.378 e. The number of hydrogen-bond acceptors (Lipinski definition) is 5. The van der Waals surface area contributed by atoms with Crippen molar-refractivity contribution in [3.63, 3.8) is 0 Å². The average molecular weight is 467 g/mol. The zero-order chi connectivity index (χ0) is 23.6. The van der Waals surface area contributed by atoms with Crippen LogP contribution in [0, 0.1) is 11.6 Å². The van der Waals surface area contributed by atoms with E-state index in [2.05, 4.69) is 20.6 Å². The highest BCUT2D eigenvalue weighted by atomic mass is 19.4. The summed E-state index contributed by atoms with van der Waals surface area (Å²) in [7, 11) is 0. The van der Waals surface area contributed by atoms with E-state index in [-0.39, 0.29) is 17.5 Å². The Morgan fingerprint density at radius 3 is 2.79 bits per heavy atom. The van der Waals surface area contributed by atoms with Crippen LogP contribution in [0.4, 0.5) is 27.6 Å². The first-order valence-electron chi connectivity index (χ1n) is 9.87. The highest BCUT2D eigenvalue weighted by Crippen LogP contribution is 2.32. The van der Waals surface area contributed by atoms with E-state index in [0.29, 0.717) is 31.5 Å². The summed E-state index contributed by atoms with van der Waals surface area (Å²) in [5.74, 6) is -3.17. The number of amides is 1. The molecule has 3 aromatic rings. The first-order chi connectivity index (χ1) is 15.7. The molecular weight excluding hydrogens is 449 g/mol. The first-order valence-corrected chi connectivity index (χ1v) is 9.87. The maximum atomic E-state index is 14.6. The molecule has 1 aromatic carbocycles. The van der Waals surface area contributed by atoms with Gasteiger partial charge in [0.15, 0.2) is 11.6 Å². The molecule has 174 valence electrons. The van der Waals surface area contributed by atoms with Gasteiger partial charge in [0, 0.05) is 18.8 Å². The van der Waals surface area contributed by atoms with Crippen molar-refractivity contribution in [1.29, 1.82) is 0 Å². The van der Waals surface area contributed by atoms with Crippen LogP contribution in [0.5, 0.6) is 0 Å². The third kappa shape index (κ3) is 5.17. The van der Waals surface area contributed by atoms with Crippen molar-refractivity contribution < 1.29 is 31.5 Å². The predicted octanol–water partition coefficient (Wildman–Crippen LogP) is 3.41. The number of pyridine rings is 1. The minimum Gasteiger partial charge on any atom is -0.378 e. The van der Waals surface area contributed by atoms with Gasteiger partial charge < -0.3 is 15.4 Å². The summed E-state index contributed by atoms with van der Waals surface area (Å²) in [6.07, 6.45) is -1.37. The Labute approximate surface area is 184 Å². The van der Waals surface area contributed by atoms with Gasteiger partial charge in [-0.3, -0.25) is 9.36 Å². The van der Waals surface area contributed by atoms with Crippen molar-refractivity contribution in [2.45, 2.75) is 18.6 Å². The van der Waals surface area contributed by atoms with Gasteiger partial charge in [-0.25, -0.2) is 18.7 Å². The van der Waals surface area contributed by atoms with Crippen molar-refractivity contribution in [1.82, 2.24) is 19.9 Å². The van der Waals surface area contributed by atoms with E-state index in [0.717, 1.165) is 18.2 Å². The van der Waals surface area contributed by atoms with Gasteiger partial charge in [-0.05, 0) is 11.6 Å². The van der Waals surface area contributed by atoms with E-state index >= 15 is 0 Å². The number of nitrogens with one attached hydrogen (secondary N) is 2.